The summed E-state index contributed by atoms with van der Waals surface area (Å²) in [6, 6.07) is 2.25. The summed E-state index contributed by atoms with van der Waals surface area (Å²) in [4.78, 5) is 16.6. The van der Waals surface area contributed by atoms with Gasteiger partial charge in [-0.1, -0.05) is 6.92 Å². The Balaban J connectivity index is 1.94. The molecule has 33 heavy (non-hydrogen) atoms. The van der Waals surface area contributed by atoms with Gasteiger partial charge in [-0.2, -0.15) is 27.1 Å². The van der Waals surface area contributed by atoms with Gasteiger partial charge < -0.3 is 5.32 Å². The predicted molar refractivity (Wildman–Crippen MR) is 107 cm³/mol. The van der Waals surface area contributed by atoms with Gasteiger partial charge in [-0.05, 0) is 31.2 Å². The topological polar surface area (TPSA) is 120 Å². The predicted octanol–water partition coefficient (Wildman–Crippen LogP) is 3.58. The van der Waals surface area contributed by atoms with E-state index < -0.39 is 50.1 Å². The number of anilines is 1. The Morgan fingerprint density at radius 1 is 1.30 bits per heavy atom. The average molecular weight is 495 g/mol. The highest BCUT2D eigenvalue weighted by Gasteiger charge is 2.54. The summed E-state index contributed by atoms with van der Waals surface area (Å²) in [5.74, 6) is -5.80. The lowest BCUT2D eigenvalue weighted by Crippen LogP contribution is -2.45. The number of hydrogen-bond acceptors (Lipinski definition) is 5. The molecule has 182 valence electrons. The molecule has 0 spiro atoms. The second-order valence-electron chi connectivity index (χ2n) is 8.71. The lowest BCUT2D eigenvalue weighted by Gasteiger charge is -2.46. The Hall–Kier alpha value is -2.61. The summed E-state index contributed by atoms with van der Waals surface area (Å²) < 4.78 is 90.9. The standard InChI is InChI=1S/C19H22F5N5O3S/c1-10-14(16(30)27-12-4-5-26-13(6-12)33(25,31)32)29(28-15(10)18(3,20)21)9-17(2)7-11(8-17)19(22,23)24/h4-6,11H,7-9H2,1-3H3,(H2,25,31,32)(H,26,27,30). The smallest absolute Gasteiger partial charge is 0.321 e. The molecule has 1 aliphatic rings. The third kappa shape index (κ3) is 5.32. The molecule has 0 aliphatic heterocycles. The fourth-order valence-corrected chi connectivity index (χ4v) is 4.55. The number of primary sulfonamides is 1. The number of nitrogens with zero attached hydrogens (tertiary/aromatic N) is 3. The molecule has 8 nitrogen and oxygen atoms in total. The zero-order valence-electron chi connectivity index (χ0n) is 17.9. The van der Waals surface area contributed by atoms with Gasteiger partial charge in [-0.3, -0.25) is 9.48 Å². The maximum absolute atomic E-state index is 14.1. The first kappa shape index (κ1) is 25.0. The van der Waals surface area contributed by atoms with Crippen LogP contribution in [0.3, 0.4) is 0 Å². The van der Waals surface area contributed by atoms with Crippen LogP contribution in [0.1, 0.15) is 48.4 Å². The van der Waals surface area contributed by atoms with Crippen LogP contribution in [0.4, 0.5) is 27.6 Å². The van der Waals surface area contributed by atoms with Crippen molar-refractivity contribution in [1.29, 1.82) is 0 Å². The number of rotatable bonds is 6. The van der Waals surface area contributed by atoms with Crippen LogP contribution in [-0.4, -0.2) is 35.3 Å². The van der Waals surface area contributed by atoms with Crippen LogP contribution < -0.4 is 10.5 Å². The highest BCUT2D eigenvalue weighted by Crippen LogP contribution is 2.53. The normalized spacial score (nSPS) is 21.5. The van der Waals surface area contributed by atoms with Crippen LogP contribution in [0, 0.1) is 18.3 Å². The molecule has 3 N–H and O–H groups in total. The molecule has 2 aromatic rings. The fraction of sp³-hybridized carbons (Fsp3) is 0.526. The first-order valence-electron chi connectivity index (χ1n) is 9.73. The maximum Gasteiger partial charge on any atom is 0.391 e. The average Bonchev–Trinajstić information content (AvgIpc) is 2.94. The minimum absolute atomic E-state index is 0.0250. The van der Waals surface area contributed by atoms with Gasteiger partial charge in [0, 0.05) is 37.0 Å². The van der Waals surface area contributed by atoms with Crippen LogP contribution in [-0.2, 0) is 22.5 Å². The van der Waals surface area contributed by atoms with Crippen LogP contribution in [0.15, 0.2) is 23.4 Å². The van der Waals surface area contributed by atoms with Gasteiger partial charge in [0.1, 0.15) is 11.4 Å². The van der Waals surface area contributed by atoms with E-state index in [2.05, 4.69) is 15.4 Å². The van der Waals surface area contributed by atoms with E-state index in [-0.39, 0.29) is 36.3 Å². The lowest BCUT2D eigenvalue weighted by molar-refractivity contribution is -0.221. The number of halogens is 5. The monoisotopic (exact) mass is 495 g/mol. The number of nitrogens with two attached hydrogens (primary N) is 1. The van der Waals surface area contributed by atoms with Crippen molar-refractivity contribution in [2.75, 3.05) is 5.32 Å². The minimum atomic E-state index is -4.36. The van der Waals surface area contributed by atoms with Crippen LogP contribution in [0.5, 0.6) is 0 Å². The molecule has 2 heterocycles. The molecule has 1 fully saturated rings. The molecule has 1 aliphatic carbocycles. The first-order chi connectivity index (χ1) is 14.9. The SMILES string of the molecule is Cc1c(C(C)(F)F)nn(CC2(C)CC(C(F)(F)F)C2)c1C(=O)Nc1ccnc(S(N)(=O)=O)c1. The molecule has 0 unspecified atom stereocenters. The summed E-state index contributed by atoms with van der Waals surface area (Å²) in [5, 5.41) is 10.7. The van der Waals surface area contributed by atoms with Crippen molar-refractivity contribution in [2.24, 2.45) is 16.5 Å². The van der Waals surface area contributed by atoms with Crippen molar-refractivity contribution in [2.45, 2.75) is 57.3 Å². The highest BCUT2D eigenvalue weighted by molar-refractivity contribution is 7.89. The van der Waals surface area contributed by atoms with E-state index in [0.717, 1.165) is 16.9 Å². The van der Waals surface area contributed by atoms with Gasteiger partial charge in [0.2, 0.25) is 0 Å². The van der Waals surface area contributed by atoms with Gasteiger partial charge in [0.15, 0.2) is 5.03 Å². The Morgan fingerprint density at radius 2 is 1.91 bits per heavy atom. The van der Waals surface area contributed by atoms with Crippen molar-refractivity contribution in [3.05, 3.63) is 35.3 Å². The molecular weight excluding hydrogens is 473 g/mol. The number of aromatic nitrogens is 3. The molecular formula is C19H22F5N5O3S. The number of carbonyl (C=O) groups is 1. The van der Waals surface area contributed by atoms with Gasteiger partial charge in [-0.25, -0.2) is 18.5 Å². The number of amides is 1. The molecule has 0 saturated heterocycles. The summed E-state index contributed by atoms with van der Waals surface area (Å²) in [6.45, 7) is 3.24. The van der Waals surface area contributed by atoms with E-state index >= 15 is 0 Å². The quantitative estimate of drug-likeness (QED) is 0.594. The number of alkyl halides is 5. The molecule has 0 atom stereocenters. The highest BCUT2D eigenvalue weighted by atomic mass is 32.2. The minimum Gasteiger partial charge on any atom is -0.321 e. The van der Waals surface area contributed by atoms with Crippen molar-refractivity contribution in [3.63, 3.8) is 0 Å². The lowest BCUT2D eigenvalue weighted by atomic mass is 9.63. The van der Waals surface area contributed by atoms with Crippen LogP contribution in [0.2, 0.25) is 0 Å². The molecule has 1 amide bonds. The number of pyridine rings is 1. The van der Waals surface area contributed by atoms with E-state index in [1.807, 2.05) is 0 Å². The maximum atomic E-state index is 14.1. The van der Waals surface area contributed by atoms with Crippen molar-refractivity contribution >= 4 is 21.6 Å². The Labute approximate surface area is 186 Å². The van der Waals surface area contributed by atoms with Crippen molar-refractivity contribution < 1.29 is 35.2 Å². The number of nitrogens with one attached hydrogen (secondary N) is 1. The number of sulfonamides is 1. The summed E-state index contributed by atoms with van der Waals surface area (Å²) in [7, 11) is -4.17. The molecule has 3 rings (SSSR count). The third-order valence-electron chi connectivity index (χ3n) is 5.58. The van der Waals surface area contributed by atoms with Gasteiger partial charge >= 0.3 is 6.18 Å². The van der Waals surface area contributed by atoms with E-state index in [9.17, 15) is 35.2 Å². The van der Waals surface area contributed by atoms with Crippen LogP contribution >= 0.6 is 0 Å². The second-order valence-corrected chi connectivity index (χ2v) is 10.2. The van der Waals surface area contributed by atoms with Gasteiger partial charge in [0.05, 0.1) is 5.92 Å². The van der Waals surface area contributed by atoms with E-state index in [4.69, 9.17) is 5.14 Å². The number of carbonyl (C=O) groups excluding carboxylic acids is 1. The zero-order chi connectivity index (χ0) is 25.0. The van der Waals surface area contributed by atoms with Gasteiger partial charge in [0.25, 0.3) is 21.9 Å². The Kier molecular flexibility index (Phi) is 6.07. The molecule has 14 heteroatoms. The number of hydrogen-bond donors (Lipinski definition) is 2. The molecule has 0 bridgehead atoms. The molecule has 0 aromatic carbocycles. The molecule has 1 saturated carbocycles. The molecule has 0 radical (unpaired) electrons. The van der Waals surface area contributed by atoms with E-state index in [0.29, 0.717) is 6.92 Å². The van der Waals surface area contributed by atoms with E-state index in [1.54, 1.807) is 6.92 Å². The van der Waals surface area contributed by atoms with Crippen molar-refractivity contribution in [3.8, 4) is 0 Å². The Morgan fingerprint density at radius 3 is 2.42 bits per heavy atom. The summed E-state index contributed by atoms with van der Waals surface area (Å²) in [5.41, 5.74) is -2.01. The van der Waals surface area contributed by atoms with Crippen molar-refractivity contribution in [1.82, 2.24) is 14.8 Å². The summed E-state index contributed by atoms with van der Waals surface area (Å²) in [6.07, 6.45) is -3.73. The largest absolute Gasteiger partial charge is 0.391 e. The second kappa shape index (κ2) is 8.01. The van der Waals surface area contributed by atoms with Crippen LogP contribution in [0.25, 0.3) is 0 Å². The fourth-order valence-electron chi connectivity index (χ4n) is 4.06. The zero-order valence-corrected chi connectivity index (χ0v) is 18.7. The summed E-state index contributed by atoms with van der Waals surface area (Å²) >= 11 is 0. The third-order valence-corrected chi connectivity index (χ3v) is 6.38. The van der Waals surface area contributed by atoms with E-state index in [1.165, 1.54) is 13.0 Å². The molecule has 2 aromatic heterocycles. The van der Waals surface area contributed by atoms with Gasteiger partial charge in [-0.15, -0.1) is 0 Å². The first-order valence-corrected chi connectivity index (χ1v) is 11.3. The Bertz CT molecular complexity index is 1180.